The minimum atomic E-state index is 0. The summed E-state index contributed by atoms with van der Waals surface area (Å²) in [4.78, 5) is 0. The summed E-state index contributed by atoms with van der Waals surface area (Å²) in [5, 5.41) is 0. The van der Waals surface area contributed by atoms with Gasteiger partial charge < -0.3 is 0 Å². The first-order chi connectivity index (χ1) is 1.00. The van der Waals surface area contributed by atoms with Gasteiger partial charge in [0.25, 0.3) is 0 Å². The fourth-order valence-electron chi connectivity index (χ4n) is 0. The van der Waals surface area contributed by atoms with Crippen molar-refractivity contribution in [1.29, 1.82) is 0 Å². The summed E-state index contributed by atoms with van der Waals surface area (Å²) in [6.45, 7) is 0. The number of hydrogen-bond donors (Lipinski definition) is 0. The molecule has 0 rings (SSSR count). The van der Waals surface area contributed by atoms with Gasteiger partial charge in [-0.2, -0.15) is 0 Å². The van der Waals surface area contributed by atoms with Crippen LogP contribution in [0.1, 0.15) is 0 Å². The van der Waals surface area contributed by atoms with Crippen LogP contribution in [0.15, 0.2) is 0 Å². The third-order valence-electron chi connectivity index (χ3n) is 0. The molecular formula is H7PSSiSn. The van der Waals surface area contributed by atoms with Gasteiger partial charge in [0.15, 0.2) is 0 Å². The number of hydrogen-bond acceptors (Lipinski definition) is 1. The zero-order valence-electron chi connectivity index (χ0n) is 1.62. The normalized spacial score (nSPS) is 1.00. The molecule has 0 aliphatic rings. The molecule has 0 bridgehead atoms. The van der Waals surface area contributed by atoms with Crippen LogP contribution in [0, 0.1) is 0 Å². The summed E-state index contributed by atoms with van der Waals surface area (Å²) in [7, 11) is 2.56. The fraction of sp³-hybridized carbons (Fsp3) is 0. The first kappa shape index (κ1) is 17.7. The van der Waals surface area contributed by atoms with E-state index in [1.54, 1.807) is 0 Å². The Balaban J connectivity index is -0.00000000500. The van der Waals surface area contributed by atoms with Crippen molar-refractivity contribution in [2.75, 3.05) is 0 Å². The van der Waals surface area contributed by atoms with Gasteiger partial charge in [-0.3, -0.25) is 0 Å². The van der Waals surface area contributed by atoms with Crippen molar-refractivity contribution in [2.45, 2.75) is 0 Å². The molecular weight excluding hydrogens is 210 g/mol. The first-order valence-electron chi connectivity index (χ1n) is 0.204. The van der Waals surface area contributed by atoms with Gasteiger partial charge in [0.05, 0.1) is 0 Å². The second kappa shape index (κ2) is 24.0. The summed E-state index contributed by atoms with van der Waals surface area (Å²) < 4.78 is 0. The monoisotopic (exact) mass is 218 g/mol. The molecule has 0 aliphatic carbocycles. The van der Waals surface area contributed by atoms with Gasteiger partial charge >= 0.3 is 23.9 Å². The minimum absolute atomic E-state index is 0. The summed E-state index contributed by atoms with van der Waals surface area (Å²) in [5.74, 6) is 0. The second-order valence-corrected chi connectivity index (χ2v) is 0. The van der Waals surface area contributed by atoms with Crippen LogP contribution < -0.4 is 0 Å². The maximum atomic E-state index is 3.89. The number of rotatable bonds is 0. The van der Waals surface area contributed by atoms with Crippen LogP contribution in [0.2, 0.25) is 0 Å². The molecule has 0 aromatic carbocycles. The van der Waals surface area contributed by atoms with Gasteiger partial charge in [-0.25, -0.2) is 0 Å². The summed E-state index contributed by atoms with van der Waals surface area (Å²) >= 11 is 3.89. The molecule has 4 heteroatoms. The molecule has 0 saturated heterocycles. The molecule has 0 aromatic rings. The maximum absolute atomic E-state index is 3.89. The Bertz CT molecular complexity index is 8.00. The van der Waals surface area contributed by atoms with E-state index in [9.17, 15) is 0 Å². The molecule has 4 heavy (non-hydrogen) atoms. The zero-order chi connectivity index (χ0) is 2.00. The van der Waals surface area contributed by atoms with Crippen molar-refractivity contribution in [3.63, 3.8) is 0 Å². The van der Waals surface area contributed by atoms with E-state index >= 15 is 0 Å². The van der Waals surface area contributed by atoms with Crippen LogP contribution in [-0.2, 0) is 11.8 Å². The molecule has 2 radical (unpaired) electrons. The van der Waals surface area contributed by atoms with Crippen LogP contribution in [0.5, 0.6) is 0 Å². The van der Waals surface area contributed by atoms with E-state index in [1.807, 2.05) is 0 Å². The van der Waals surface area contributed by atoms with E-state index in [-0.39, 0.29) is 34.9 Å². The van der Waals surface area contributed by atoms with Gasteiger partial charge in [-0.15, -0.1) is 0 Å². The topological polar surface area (TPSA) is 0 Å². The molecule has 0 nitrogen and oxygen atoms in total. The Morgan fingerprint density at radius 3 is 1.25 bits per heavy atom. The van der Waals surface area contributed by atoms with Crippen LogP contribution in [0.25, 0.3) is 0 Å². The quantitative estimate of drug-likeness (QED) is 0.341. The second-order valence-electron chi connectivity index (χ2n) is 0. The van der Waals surface area contributed by atoms with Crippen molar-refractivity contribution in [2.24, 2.45) is 0 Å². The molecule has 0 fully saturated rings. The van der Waals surface area contributed by atoms with Gasteiger partial charge in [0.1, 0.15) is 0 Å². The molecule has 0 atom stereocenters. The summed E-state index contributed by atoms with van der Waals surface area (Å²) in [6, 6.07) is 0. The molecule has 0 saturated carbocycles. The van der Waals surface area contributed by atoms with Crippen LogP contribution in [0.4, 0.5) is 0 Å². The molecule has 26 valence electrons. The van der Waals surface area contributed by atoms with E-state index < -0.39 is 0 Å². The molecule has 0 spiro atoms. The van der Waals surface area contributed by atoms with E-state index in [1.165, 1.54) is 0 Å². The molecule has 0 heterocycles. The van der Waals surface area contributed by atoms with E-state index in [2.05, 4.69) is 19.8 Å². The Kier molecular flexibility index (Phi) is 106. The fourth-order valence-corrected chi connectivity index (χ4v) is 0. The zero-order valence-corrected chi connectivity index (χ0v) is 7.47. The van der Waals surface area contributed by atoms with E-state index in [4.69, 9.17) is 0 Å². The van der Waals surface area contributed by atoms with Gasteiger partial charge in [0.2, 0.25) is 0 Å². The van der Waals surface area contributed by atoms with Crippen molar-refractivity contribution in [1.82, 2.24) is 0 Å². The van der Waals surface area contributed by atoms with E-state index in [0.29, 0.717) is 0 Å². The Morgan fingerprint density at radius 1 is 1.25 bits per heavy atom. The molecule has 0 N–H and O–H groups in total. The van der Waals surface area contributed by atoms with Crippen molar-refractivity contribution < 1.29 is 0 Å². The predicted molar refractivity (Wildman–Crippen MR) is 35.6 cm³/mol. The molecule has 0 amide bonds. The summed E-state index contributed by atoms with van der Waals surface area (Å²) in [5.41, 5.74) is 0. The SMILES string of the molecule is P=S.[SiH4].[SnH2]. The van der Waals surface area contributed by atoms with Crippen molar-refractivity contribution >= 4 is 54.7 Å². The van der Waals surface area contributed by atoms with Crippen molar-refractivity contribution in [3.05, 3.63) is 0 Å². The first-order valence-corrected chi connectivity index (χ1v) is 1.84. The van der Waals surface area contributed by atoms with Gasteiger partial charge in [0, 0.05) is 0 Å². The average molecular weight is 217 g/mol. The Labute approximate surface area is 54.6 Å². The standard InChI is InChI=1S/HPS.H4Si.Sn.2H/c1-2;;;;/h1H;1H4;;;. The predicted octanol–water partition coefficient (Wildman–Crippen LogP) is -1.78. The van der Waals surface area contributed by atoms with E-state index in [0.717, 1.165) is 0 Å². The Hall–Kier alpha value is 1.54. The average Bonchev–Trinajstić information content (AvgIpc) is 1.00. The van der Waals surface area contributed by atoms with Crippen LogP contribution in [0.3, 0.4) is 0 Å². The molecule has 0 aliphatic heterocycles. The third-order valence-corrected chi connectivity index (χ3v) is 0. The van der Waals surface area contributed by atoms with Gasteiger partial charge in [-0.05, 0) is 19.0 Å². The molecule has 0 unspecified atom stereocenters. The van der Waals surface area contributed by atoms with Crippen molar-refractivity contribution in [3.8, 4) is 0 Å². The van der Waals surface area contributed by atoms with Crippen LogP contribution in [-0.4, -0.2) is 34.9 Å². The Morgan fingerprint density at radius 2 is 1.25 bits per heavy atom. The van der Waals surface area contributed by atoms with Crippen LogP contribution >= 0.6 is 8.02 Å². The third kappa shape index (κ3) is 9.64. The van der Waals surface area contributed by atoms with Gasteiger partial charge in [-0.1, -0.05) is 11.8 Å². The summed E-state index contributed by atoms with van der Waals surface area (Å²) in [6.07, 6.45) is 0. The molecule has 0 aromatic heterocycles.